The summed E-state index contributed by atoms with van der Waals surface area (Å²) in [6.45, 7) is 7.97. The number of anilines is 2. The van der Waals surface area contributed by atoms with E-state index >= 15 is 0 Å². The number of hydrogen-bond acceptors (Lipinski definition) is 2. The van der Waals surface area contributed by atoms with Gasteiger partial charge in [0.15, 0.2) is 5.11 Å². The lowest BCUT2D eigenvalue weighted by Gasteiger charge is -2.26. The third-order valence-electron chi connectivity index (χ3n) is 5.42. The SMILES string of the molecule is CCC(C)c1ccc(NC(=S)Nc2ccc(CN3CCCCC3)cc2)cc1. The maximum Gasteiger partial charge on any atom is 0.175 e. The standard InChI is InChI=1S/C23H31N3S/c1-3-18(2)20-9-13-22(14-10-20)25-23(27)24-21-11-7-19(8-12-21)17-26-15-5-4-6-16-26/h7-14,18H,3-6,15-17H2,1-2H3,(H2,24,25,27). The summed E-state index contributed by atoms with van der Waals surface area (Å²) < 4.78 is 0. The second-order valence-corrected chi connectivity index (χ2v) is 7.95. The van der Waals surface area contributed by atoms with E-state index < -0.39 is 0 Å². The number of nitrogens with zero attached hydrogens (tertiary/aromatic N) is 1. The smallest absolute Gasteiger partial charge is 0.175 e. The van der Waals surface area contributed by atoms with Gasteiger partial charge in [-0.05, 0) is 85.9 Å². The first-order valence-corrected chi connectivity index (χ1v) is 10.5. The lowest BCUT2D eigenvalue weighted by Crippen LogP contribution is -2.29. The molecule has 0 saturated carbocycles. The first kappa shape index (κ1) is 19.8. The normalized spacial score (nSPS) is 15.9. The third kappa shape index (κ3) is 6.05. The van der Waals surface area contributed by atoms with Gasteiger partial charge in [0.2, 0.25) is 0 Å². The Labute approximate surface area is 169 Å². The highest BCUT2D eigenvalue weighted by molar-refractivity contribution is 7.80. The molecule has 4 heteroatoms. The van der Waals surface area contributed by atoms with Gasteiger partial charge < -0.3 is 10.6 Å². The van der Waals surface area contributed by atoms with Crippen LogP contribution >= 0.6 is 12.2 Å². The molecule has 1 heterocycles. The molecule has 2 aromatic carbocycles. The summed E-state index contributed by atoms with van der Waals surface area (Å²) in [5.41, 5.74) is 4.76. The zero-order valence-corrected chi connectivity index (χ0v) is 17.3. The lowest BCUT2D eigenvalue weighted by atomic mass is 9.99. The zero-order chi connectivity index (χ0) is 19.1. The molecule has 0 bridgehead atoms. The second kappa shape index (κ2) is 9.86. The van der Waals surface area contributed by atoms with Crippen LogP contribution in [0.4, 0.5) is 11.4 Å². The predicted octanol–water partition coefficient (Wildman–Crippen LogP) is 5.99. The van der Waals surface area contributed by atoms with E-state index in [9.17, 15) is 0 Å². The third-order valence-corrected chi connectivity index (χ3v) is 5.62. The maximum atomic E-state index is 5.46. The van der Waals surface area contributed by atoms with Crippen molar-refractivity contribution in [1.82, 2.24) is 4.90 Å². The van der Waals surface area contributed by atoms with Gasteiger partial charge in [0.1, 0.15) is 0 Å². The van der Waals surface area contributed by atoms with Gasteiger partial charge in [0.25, 0.3) is 0 Å². The molecule has 1 unspecified atom stereocenters. The van der Waals surface area contributed by atoms with Gasteiger partial charge in [-0.3, -0.25) is 4.90 Å². The quantitative estimate of drug-likeness (QED) is 0.601. The molecule has 0 aliphatic carbocycles. The molecule has 0 aromatic heterocycles. The largest absolute Gasteiger partial charge is 0.332 e. The topological polar surface area (TPSA) is 27.3 Å². The molecule has 2 aromatic rings. The Balaban J connectivity index is 1.50. The zero-order valence-electron chi connectivity index (χ0n) is 16.5. The highest BCUT2D eigenvalue weighted by Crippen LogP contribution is 2.21. The van der Waals surface area contributed by atoms with Gasteiger partial charge >= 0.3 is 0 Å². The molecule has 2 N–H and O–H groups in total. The summed E-state index contributed by atoms with van der Waals surface area (Å²) in [6.07, 6.45) is 5.19. The van der Waals surface area contributed by atoms with E-state index in [2.05, 4.69) is 77.9 Å². The molecule has 3 rings (SSSR count). The number of thiocarbonyl (C=S) groups is 1. The molecule has 3 nitrogen and oxygen atoms in total. The fraction of sp³-hybridized carbons (Fsp3) is 0.435. The maximum absolute atomic E-state index is 5.46. The second-order valence-electron chi connectivity index (χ2n) is 7.54. The Kier molecular flexibility index (Phi) is 7.25. The van der Waals surface area contributed by atoms with Crippen molar-refractivity contribution in [2.75, 3.05) is 23.7 Å². The molecule has 1 atom stereocenters. The highest BCUT2D eigenvalue weighted by Gasteiger charge is 2.10. The molecule has 0 spiro atoms. The van der Waals surface area contributed by atoms with Crippen LogP contribution in [0.2, 0.25) is 0 Å². The van der Waals surface area contributed by atoms with Crippen molar-refractivity contribution in [3.8, 4) is 0 Å². The number of nitrogens with one attached hydrogen (secondary N) is 2. The van der Waals surface area contributed by atoms with E-state index in [0.717, 1.165) is 24.3 Å². The van der Waals surface area contributed by atoms with Crippen molar-refractivity contribution >= 4 is 28.7 Å². The van der Waals surface area contributed by atoms with E-state index in [4.69, 9.17) is 12.2 Å². The fourth-order valence-corrected chi connectivity index (χ4v) is 3.73. The predicted molar refractivity (Wildman–Crippen MR) is 121 cm³/mol. The minimum Gasteiger partial charge on any atom is -0.332 e. The summed E-state index contributed by atoms with van der Waals surface area (Å²) in [5.74, 6) is 0.590. The van der Waals surface area contributed by atoms with E-state index in [1.807, 2.05) is 0 Å². The van der Waals surface area contributed by atoms with Crippen LogP contribution in [0.15, 0.2) is 48.5 Å². The van der Waals surface area contributed by atoms with Crippen LogP contribution in [0.1, 0.15) is 56.6 Å². The average molecular weight is 382 g/mol. The van der Waals surface area contributed by atoms with Gasteiger partial charge in [-0.25, -0.2) is 0 Å². The molecule has 144 valence electrons. The summed E-state index contributed by atoms with van der Waals surface area (Å²) in [7, 11) is 0. The van der Waals surface area contributed by atoms with Crippen LogP contribution in [-0.2, 0) is 6.54 Å². The van der Waals surface area contributed by atoms with Crippen LogP contribution < -0.4 is 10.6 Å². The lowest BCUT2D eigenvalue weighted by molar-refractivity contribution is 0.221. The molecule has 1 aliphatic heterocycles. The van der Waals surface area contributed by atoms with Gasteiger partial charge in [0, 0.05) is 17.9 Å². The van der Waals surface area contributed by atoms with Crippen LogP contribution in [0.25, 0.3) is 0 Å². The van der Waals surface area contributed by atoms with Crippen LogP contribution in [0.5, 0.6) is 0 Å². The molecule has 0 radical (unpaired) electrons. The Morgan fingerprint density at radius 2 is 1.48 bits per heavy atom. The Morgan fingerprint density at radius 3 is 2.04 bits per heavy atom. The van der Waals surface area contributed by atoms with Gasteiger partial charge in [-0.1, -0.05) is 44.5 Å². The summed E-state index contributed by atoms with van der Waals surface area (Å²) in [4.78, 5) is 2.54. The Morgan fingerprint density at radius 1 is 0.926 bits per heavy atom. The number of benzene rings is 2. The van der Waals surface area contributed by atoms with Gasteiger partial charge in [-0.15, -0.1) is 0 Å². The molecular weight excluding hydrogens is 350 g/mol. The first-order chi connectivity index (χ1) is 13.1. The highest BCUT2D eigenvalue weighted by atomic mass is 32.1. The summed E-state index contributed by atoms with van der Waals surface area (Å²) >= 11 is 5.46. The van der Waals surface area contributed by atoms with Crippen LogP contribution in [-0.4, -0.2) is 23.1 Å². The minimum absolute atomic E-state index is 0.590. The van der Waals surface area contributed by atoms with Crippen LogP contribution in [0, 0.1) is 0 Å². The van der Waals surface area contributed by atoms with E-state index in [-0.39, 0.29) is 0 Å². The number of likely N-dealkylation sites (tertiary alicyclic amines) is 1. The Hall–Kier alpha value is -1.91. The summed E-state index contributed by atoms with van der Waals surface area (Å²) in [5, 5.41) is 7.16. The number of rotatable bonds is 6. The van der Waals surface area contributed by atoms with Crippen molar-refractivity contribution < 1.29 is 0 Å². The van der Waals surface area contributed by atoms with Crippen molar-refractivity contribution in [1.29, 1.82) is 0 Å². The average Bonchev–Trinajstić information content (AvgIpc) is 2.70. The van der Waals surface area contributed by atoms with Crippen molar-refractivity contribution in [2.24, 2.45) is 0 Å². The molecular formula is C23H31N3S. The molecule has 0 amide bonds. The van der Waals surface area contributed by atoms with Gasteiger partial charge in [0.05, 0.1) is 0 Å². The monoisotopic (exact) mass is 381 g/mol. The summed E-state index contributed by atoms with van der Waals surface area (Å²) in [6, 6.07) is 17.1. The van der Waals surface area contributed by atoms with Crippen molar-refractivity contribution in [3.05, 3.63) is 59.7 Å². The Bertz CT molecular complexity index is 718. The van der Waals surface area contributed by atoms with Gasteiger partial charge in [-0.2, -0.15) is 0 Å². The fourth-order valence-electron chi connectivity index (χ4n) is 3.49. The van der Waals surface area contributed by atoms with Crippen molar-refractivity contribution in [2.45, 2.75) is 52.0 Å². The first-order valence-electron chi connectivity index (χ1n) is 10.1. The molecule has 1 fully saturated rings. The number of piperidine rings is 1. The molecule has 27 heavy (non-hydrogen) atoms. The molecule has 1 aliphatic rings. The van der Waals surface area contributed by atoms with E-state index in [1.54, 1.807) is 0 Å². The van der Waals surface area contributed by atoms with Crippen molar-refractivity contribution in [3.63, 3.8) is 0 Å². The number of hydrogen-bond donors (Lipinski definition) is 2. The van der Waals surface area contributed by atoms with Crippen LogP contribution in [0.3, 0.4) is 0 Å². The minimum atomic E-state index is 0.590. The molecule has 1 saturated heterocycles. The van der Waals surface area contributed by atoms with E-state index in [0.29, 0.717) is 11.0 Å². The van der Waals surface area contributed by atoms with E-state index in [1.165, 1.54) is 43.5 Å².